The fourth-order valence-electron chi connectivity index (χ4n) is 4.18. The molecule has 3 heterocycles. The molecule has 9 nitrogen and oxygen atoms in total. The molecule has 2 amide bonds. The number of anilines is 3. The minimum atomic E-state index is -0.312. The van der Waals surface area contributed by atoms with Crippen LogP contribution in [0.25, 0.3) is 5.52 Å². The first kappa shape index (κ1) is 23.2. The molecule has 0 spiro atoms. The molecule has 3 N–H and O–H groups in total. The Hall–Kier alpha value is -4.55. The number of hydrogen-bond acceptors (Lipinski definition) is 6. The van der Waals surface area contributed by atoms with Crippen molar-refractivity contribution < 1.29 is 14.3 Å². The Balaban J connectivity index is 1.35. The summed E-state index contributed by atoms with van der Waals surface area (Å²) < 4.78 is 13.1. The van der Waals surface area contributed by atoms with E-state index in [1.165, 1.54) is 6.20 Å². The van der Waals surface area contributed by atoms with Crippen molar-refractivity contribution >= 4 is 28.6 Å². The quantitative estimate of drug-likeness (QED) is 0.327. The molecule has 1 aliphatic rings. The number of carbonyl (C=O) groups excluding carboxylic acids is 1. The molecular weight excluding hydrogens is 456 g/mol. The maximum atomic E-state index is 12.5. The summed E-state index contributed by atoms with van der Waals surface area (Å²) in [7, 11) is 0. The van der Waals surface area contributed by atoms with Crippen LogP contribution in [0.4, 0.5) is 21.9 Å². The van der Waals surface area contributed by atoms with Gasteiger partial charge in [-0.25, -0.2) is 9.31 Å². The third-order valence-corrected chi connectivity index (χ3v) is 6.04. The van der Waals surface area contributed by atoms with Crippen molar-refractivity contribution in [3.8, 4) is 17.6 Å². The van der Waals surface area contributed by atoms with Crippen LogP contribution in [0.15, 0.2) is 67.0 Å². The molecule has 1 fully saturated rings. The minimum Gasteiger partial charge on any atom is -0.457 e. The van der Waals surface area contributed by atoms with Crippen LogP contribution in [0.3, 0.4) is 0 Å². The molecule has 1 saturated heterocycles. The molecule has 182 valence electrons. The second kappa shape index (κ2) is 10.4. The number of aryl methyl sites for hydroxylation is 1. The number of hydrogen-bond donors (Lipinski definition) is 3. The molecule has 0 aliphatic carbocycles. The predicted octanol–water partition coefficient (Wildman–Crippen LogP) is 5.35. The van der Waals surface area contributed by atoms with Crippen molar-refractivity contribution in [3.05, 3.63) is 78.1 Å². The number of rotatable bonds is 7. The molecule has 4 aromatic rings. The van der Waals surface area contributed by atoms with Crippen molar-refractivity contribution in [2.75, 3.05) is 23.8 Å². The van der Waals surface area contributed by atoms with E-state index in [2.05, 4.69) is 27.1 Å². The largest absolute Gasteiger partial charge is 0.457 e. The van der Waals surface area contributed by atoms with Gasteiger partial charge in [-0.3, -0.25) is 0 Å². The summed E-state index contributed by atoms with van der Waals surface area (Å²) in [5, 5.41) is 23.2. The zero-order valence-electron chi connectivity index (χ0n) is 19.8. The number of fused-ring (bicyclic) bond motifs is 1. The summed E-state index contributed by atoms with van der Waals surface area (Å²) in [6.07, 6.45) is 5.27. The molecule has 9 heteroatoms. The number of carbonyl (C=O) groups is 1. The SMILES string of the molecule is Cc1c(NC(=O)NC[C@@H]2CCCO2)cn2ncc(C#N)c(Nc3ccc(Oc4ccccc4)cc3)c12. The van der Waals surface area contributed by atoms with Gasteiger partial charge >= 0.3 is 6.03 Å². The topological polar surface area (TPSA) is 113 Å². The van der Waals surface area contributed by atoms with E-state index >= 15 is 0 Å². The van der Waals surface area contributed by atoms with Crippen LogP contribution in [0.5, 0.6) is 11.5 Å². The van der Waals surface area contributed by atoms with Gasteiger partial charge in [-0.1, -0.05) is 18.2 Å². The second-order valence-electron chi connectivity index (χ2n) is 8.54. The maximum Gasteiger partial charge on any atom is 0.319 e. The molecule has 0 bridgehead atoms. The molecular formula is C27H26N6O3. The predicted molar refractivity (Wildman–Crippen MR) is 137 cm³/mol. The molecule has 0 radical (unpaired) electrons. The van der Waals surface area contributed by atoms with Crippen molar-refractivity contribution in [2.45, 2.75) is 25.9 Å². The van der Waals surface area contributed by atoms with Gasteiger partial charge in [-0.2, -0.15) is 10.4 Å². The molecule has 1 aliphatic heterocycles. The minimum absolute atomic E-state index is 0.0603. The van der Waals surface area contributed by atoms with Gasteiger partial charge in [0, 0.05) is 24.4 Å². The zero-order valence-corrected chi connectivity index (χ0v) is 19.8. The Bertz CT molecular complexity index is 1400. The average Bonchev–Trinajstić information content (AvgIpc) is 3.53. The van der Waals surface area contributed by atoms with Crippen molar-refractivity contribution in [3.63, 3.8) is 0 Å². The molecule has 2 aromatic heterocycles. The lowest BCUT2D eigenvalue weighted by atomic mass is 10.1. The Kier molecular flexibility index (Phi) is 6.69. The lowest BCUT2D eigenvalue weighted by Crippen LogP contribution is -2.35. The van der Waals surface area contributed by atoms with Gasteiger partial charge in [0.25, 0.3) is 0 Å². The van der Waals surface area contributed by atoms with Crippen LogP contribution >= 0.6 is 0 Å². The number of ether oxygens (including phenoxy) is 2. The monoisotopic (exact) mass is 482 g/mol. The summed E-state index contributed by atoms with van der Waals surface area (Å²) in [4.78, 5) is 12.5. The molecule has 5 rings (SSSR count). The number of urea groups is 1. The molecule has 2 aromatic carbocycles. The van der Waals surface area contributed by atoms with Gasteiger partial charge in [0.05, 0.1) is 41.0 Å². The molecule has 36 heavy (non-hydrogen) atoms. The molecule has 0 unspecified atom stereocenters. The van der Waals surface area contributed by atoms with Crippen LogP contribution in [0.2, 0.25) is 0 Å². The van der Waals surface area contributed by atoms with E-state index in [0.717, 1.165) is 36.4 Å². The number of nitrogens with one attached hydrogen (secondary N) is 3. The highest BCUT2D eigenvalue weighted by atomic mass is 16.5. The van der Waals surface area contributed by atoms with Crippen LogP contribution in [0, 0.1) is 18.3 Å². The van der Waals surface area contributed by atoms with E-state index in [-0.39, 0.29) is 12.1 Å². The van der Waals surface area contributed by atoms with Gasteiger partial charge in [0.15, 0.2) is 0 Å². The summed E-state index contributed by atoms with van der Waals surface area (Å²) >= 11 is 0. The zero-order chi connectivity index (χ0) is 24.9. The lowest BCUT2D eigenvalue weighted by Gasteiger charge is -2.12. The Labute approximate surface area is 208 Å². The molecule has 1 atom stereocenters. The highest BCUT2D eigenvalue weighted by molar-refractivity contribution is 5.94. The average molecular weight is 483 g/mol. The van der Waals surface area contributed by atoms with Gasteiger partial charge in [-0.05, 0) is 56.2 Å². The number of amides is 2. The van der Waals surface area contributed by atoms with Gasteiger partial charge in [0.2, 0.25) is 0 Å². The highest BCUT2D eigenvalue weighted by Crippen LogP contribution is 2.33. The van der Waals surface area contributed by atoms with Crippen molar-refractivity contribution in [1.82, 2.24) is 14.9 Å². The van der Waals surface area contributed by atoms with E-state index < -0.39 is 0 Å². The Morgan fingerprint density at radius 1 is 1.19 bits per heavy atom. The fraction of sp³-hybridized carbons (Fsp3) is 0.222. The first-order valence-electron chi connectivity index (χ1n) is 11.8. The summed E-state index contributed by atoms with van der Waals surface area (Å²) in [5.74, 6) is 1.45. The van der Waals surface area contributed by atoms with Crippen LogP contribution in [-0.2, 0) is 4.74 Å². The first-order valence-corrected chi connectivity index (χ1v) is 11.8. The third-order valence-electron chi connectivity index (χ3n) is 6.04. The first-order chi connectivity index (χ1) is 17.6. The number of nitriles is 1. The van der Waals surface area contributed by atoms with E-state index in [1.54, 1.807) is 10.7 Å². The second-order valence-corrected chi connectivity index (χ2v) is 8.54. The standard InChI is InChI=1S/C27H26N6O3/c1-18-24(32-27(34)29-16-23-8-5-13-35-23)17-33-26(18)25(19(14-28)15-30-33)31-20-9-11-22(12-10-20)36-21-6-3-2-4-7-21/h2-4,6-7,9-12,15,17,23,31H,5,8,13,16H2,1H3,(H2,29,32,34)/t23-/m0/s1. The fourth-order valence-corrected chi connectivity index (χ4v) is 4.18. The number of benzene rings is 2. The van der Waals surface area contributed by atoms with Crippen LogP contribution < -0.4 is 20.7 Å². The number of nitrogens with zero attached hydrogens (tertiary/aromatic N) is 3. The van der Waals surface area contributed by atoms with Crippen LogP contribution in [0.1, 0.15) is 24.0 Å². The highest BCUT2D eigenvalue weighted by Gasteiger charge is 2.19. The normalized spacial score (nSPS) is 14.8. The maximum absolute atomic E-state index is 12.5. The summed E-state index contributed by atoms with van der Waals surface area (Å²) in [5.41, 5.74) is 3.88. The third kappa shape index (κ3) is 5.09. The van der Waals surface area contributed by atoms with E-state index in [9.17, 15) is 10.1 Å². The van der Waals surface area contributed by atoms with E-state index in [0.29, 0.717) is 34.7 Å². The van der Waals surface area contributed by atoms with Crippen LogP contribution in [-0.4, -0.2) is 34.9 Å². The number of para-hydroxylation sites is 1. The lowest BCUT2D eigenvalue weighted by molar-refractivity contribution is 0.112. The van der Waals surface area contributed by atoms with E-state index in [1.807, 2.05) is 61.5 Å². The summed E-state index contributed by atoms with van der Waals surface area (Å²) in [6, 6.07) is 18.9. The Morgan fingerprint density at radius 3 is 2.69 bits per heavy atom. The Morgan fingerprint density at radius 2 is 1.97 bits per heavy atom. The smallest absolute Gasteiger partial charge is 0.319 e. The number of aromatic nitrogens is 2. The van der Waals surface area contributed by atoms with E-state index in [4.69, 9.17) is 9.47 Å². The van der Waals surface area contributed by atoms with Gasteiger partial charge in [0.1, 0.15) is 17.6 Å². The van der Waals surface area contributed by atoms with Gasteiger partial charge in [-0.15, -0.1) is 0 Å². The summed E-state index contributed by atoms with van der Waals surface area (Å²) in [6.45, 7) is 3.09. The van der Waals surface area contributed by atoms with Crippen molar-refractivity contribution in [1.29, 1.82) is 5.26 Å². The van der Waals surface area contributed by atoms with Crippen molar-refractivity contribution in [2.24, 2.45) is 0 Å². The van der Waals surface area contributed by atoms with Gasteiger partial charge < -0.3 is 25.4 Å². The molecule has 0 saturated carbocycles.